The summed E-state index contributed by atoms with van der Waals surface area (Å²) in [6, 6.07) is 5.69. The molecule has 0 saturated heterocycles. The average Bonchev–Trinajstić information content (AvgIpc) is 2.18. The largest absolute Gasteiger partial charge is 0.322 e. The van der Waals surface area contributed by atoms with E-state index in [0.29, 0.717) is 6.42 Å². The first-order chi connectivity index (χ1) is 6.29. The predicted molar refractivity (Wildman–Crippen MR) is 50.8 cm³/mol. The van der Waals surface area contributed by atoms with E-state index in [4.69, 9.17) is 11.0 Å². The van der Waals surface area contributed by atoms with Gasteiger partial charge in [0.1, 0.15) is 0 Å². The summed E-state index contributed by atoms with van der Waals surface area (Å²) >= 11 is 0. The first kappa shape index (κ1) is 9.69. The SMILES string of the molecule is CCc1cccnc1[C@@H](N)CC#N. The second kappa shape index (κ2) is 4.58. The highest BCUT2D eigenvalue weighted by Gasteiger charge is 2.10. The van der Waals surface area contributed by atoms with Gasteiger partial charge in [-0.2, -0.15) is 5.26 Å². The number of hydrogen-bond acceptors (Lipinski definition) is 3. The molecule has 0 aromatic carbocycles. The maximum atomic E-state index is 8.50. The zero-order valence-corrected chi connectivity index (χ0v) is 7.70. The summed E-state index contributed by atoms with van der Waals surface area (Å²) in [5.74, 6) is 0. The first-order valence-electron chi connectivity index (χ1n) is 4.36. The Morgan fingerprint density at radius 2 is 2.46 bits per heavy atom. The lowest BCUT2D eigenvalue weighted by atomic mass is 10.0. The van der Waals surface area contributed by atoms with E-state index in [0.717, 1.165) is 17.7 Å². The summed E-state index contributed by atoms with van der Waals surface area (Å²) in [7, 11) is 0. The molecule has 0 unspecified atom stereocenters. The lowest BCUT2D eigenvalue weighted by Gasteiger charge is -2.10. The Morgan fingerprint density at radius 1 is 1.69 bits per heavy atom. The van der Waals surface area contributed by atoms with Gasteiger partial charge in [0.25, 0.3) is 0 Å². The molecule has 1 aromatic rings. The molecule has 0 aliphatic carbocycles. The van der Waals surface area contributed by atoms with Crippen molar-refractivity contribution in [3.8, 4) is 6.07 Å². The summed E-state index contributed by atoms with van der Waals surface area (Å²) in [6.45, 7) is 2.06. The summed E-state index contributed by atoms with van der Waals surface area (Å²) in [6.07, 6.45) is 2.94. The zero-order chi connectivity index (χ0) is 9.68. The van der Waals surface area contributed by atoms with Crippen molar-refractivity contribution >= 4 is 0 Å². The van der Waals surface area contributed by atoms with Gasteiger partial charge in [-0.05, 0) is 18.1 Å². The van der Waals surface area contributed by atoms with Crippen LogP contribution in [0, 0.1) is 11.3 Å². The Labute approximate surface area is 78.2 Å². The van der Waals surface area contributed by atoms with Crippen LogP contribution in [-0.4, -0.2) is 4.98 Å². The number of nitrogens with zero attached hydrogens (tertiary/aromatic N) is 2. The Morgan fingerprint density at radius 3 is 3.08 bits per heavy atom. The molecule has 0 spiro atoms. The first-order valence-corrected chi connectivity index (χ1v) is 4.36. The van der Waals surface area contributed by atoms with Crippen LogP contribution < -0.4 is 5.73 Å². The average molecular weight is 175 g/mol. The fourth-order valence-electron chi connectivity index (χ4n) is 1.28. The van der Waals surface area contributed by atoms with Crippen LogP contribution >= 0.6 is 0 Å². The number of aromatic nitrogens is 1. The van der Waals surface area contributed by atoms with Crippen LogP contribution in [0.5, 0.6) is 0 Å². The van der Waals surface area contributed by atoms with Crippen LogP contribution in [0.1, 0.15) is 30.6 Å². The molecule has 1 atom stereocenters. The highest BCUT2D eigenvalue weighted by atomic mass is 14.8. The summed E-state index contributed by atoms with van der Waals surface area (Å²) in [5, 5.41) is 8.50. The van der Waals surface area contributed by atoms with Crippen molar-refractivity contribution in [1.29, 1.82) is 5.26 Å². The van der Waals surface area contributed by atoms with Crippen molar-refractivity contribution in [3.05, 3.63) is 29.6 Å². The second-order valence-electron chi connectivity index (χ2n) is 2.87. The number of pyridine rings is 1. The topological polar surface area (TPSA) is 62.7 Å². The van der Waals surface area contributed by atoms with E-state index >= 15 is 0 Å². The minimum atomic E-state index is -0.249. The van der Waals surface area contributed by atoms with Crippen LogP contribution in [0.3, 0.4) is 0 Å². The lowest BCUT2D eigenvalue weighted by Crippen LogP contribution is -2.13. The molecule has 0 radical (unpaired) electrons. The van der Waals surface area contributed by atoms with Gasteiger partial charge in [0.2, 0.25) is 0 Å². The van der Waals surface area contributed by atoms with Gasteiger partial charge in [-0.3, -0.25) is 4.98 Å². The van der Waals surface area contributed by atoms with Gasteiger partial charge in [0.05, 0.1) is 24.2 Å². The molecule has 1 aromatic heterocycles. The van der Waals surface area contributed by atoms with E-state index in [1.54, 1.807) is 6.20 Å². The van der Waals surface area contributed by atoms with Crippen LogP contribution in [0.2, 0.25) is 0 Å². The molecule has 1 rings (SSSR count). The standard InChI is InChI=1S/C10H13N3/c1-2-8-4-3-7-13-10(8)9(12)5-6-11/h3-4,7,9H,2,5,12H2,1H3/t9-/m0/s1. The van der Waals surface area contributed by atoms with E-state index in [-0.39, 0.29) is 6.04 Å². The van der Waals surface area contributed by atoms with Crippen molar-refractivity contribution in [1.82, 2.24) is 4.98 Å². The zero-order valence-electron chi connectivity index (χ0n) is 7.70. The van der Waals surface area contributed by atoms with E-state index in [1.165, 1.54) is 0 Å². The summed E-state index contributed by atoms with van der Waals surface area (Å²) in [5.41, 5.74) is 7.78. The third kappa shape index (κ3) is 2.27. The molecule has 13 heavy (non-hydrogen) atoms. The quantitative estimate of drug-likeness (QED) is 0.758. The van der Waals surface area contributed by atoms with Crippen molar-refractivity contribution < 1.29 is 0 Å². The molecular weight excluding hydrogens is 162 g/mol. The maximum Gasteiger partial charge on any atom is 0.0642 e. The van der Waals surface area contributed by atoms with E-state index in [1.807, 2.05) is 12.1 Å². The molecule has 0 amide bonds. The van der Waals surface area contributed by atoms with Gasteiger partial charge in [-0.1, -0.05) is 13.0 Å². The minimum absolute atomic E-state index is 0.249. The fraction of sp³-hybridized carbons (Fsp3) is 0.400. The van der Waals surface area contributed by atoms with Gasteiger partial charge in [0.15, 0.2) is 0 Å². The van der Waals surface area contributed by atoms with Crippen molar-refractivity contribution in [2.45, 2.75) is 25.8 Å². The van der Waals surface area contributed by atoms with Crippen LogP contribution in [0.25, 0.3) is 0 Å². The number of nitrogens with two attached hydrogens (primary N) is 1. The summed E-state index contributed by atoms with van der Waals surface area (Å²) in [4.78, 5) is 4.19. The third-order valence-corrected chi connectivity index (χ3v) is 1.97. The maximum absolute atomic E-state index is 8.50. The normalized spacial score (nSPS) is 12.1. The second-order valence-corrected chi connectivity index (χ2v) is 2.87. The molecule has 0 aliphatic heterocycles. The molecule has 0 saturated carbocycles. The van der Waals surface area contributed by atoms with Crippen molar-refractivity contribution in [3.63, 3.8) is 0 Å². The molecule has 0 bridgehead atoms. The Kier molecular flexibility index (Phi) is 3.41. The molecule has 0 fully saturated rings. The van der Waals surface area contributed by atoms with Gasteiger partial charge >= 0.3 is 0 Å². The molecule has 3 heteroatoms. The molecular formula is C10H13N3. The van der Waals surface area contributed by atoms with E-state index < -0.39 is 0 Å². The third-order valence-electron chi connectivity index (χ3n) is 1.97. The minimum Gasteiger partial charge on any atom is -0.322 e. The Bertz CT molecular complexity index is 314. The smallest absolute Gasteiger partial charge is 0.0642 e. The molecule has 3 nitrogen and oxygen atoms in total. The highest BCUT2D eigenvalue weighted by Crippen LogP contribution is 2.15. The van der Waals surface area contributed by atoms with Gasteiger partial charge in [-0.25, -0.2) is 0 Å². The molecule has 68 valence electrons. The molecule has 1 heterocycles. The fourth-order valence-corrected chi connectivity index (χ4v) is 1.28. The van der Waals surface area contributed by atoms with Gasteiger partial charge < -0.3 is 5.73 Å². The highest BCUT2D eigenvalue weighted by molar-refractivity contribution is 5.23. The lowest BCUT2D eigenvalue weighted by molar-refractivity contribution is 0.707. The Balaban J connectivity index is 2.93. The summed E-state index contributed by atoms with van der Waals surface area (Å²) < 4.78 is 0. The monoisotopic (exact) mass is 175 g/mol. The number of rotatable bonds is 3. The Hall–Kier alpha value is -1.40. The molecule has 2 N–H and O–H groups in total. The van der Waals surface area contributed by atoms with E-state index in [9.17, 15) is 0 Å². The van der Waals surface area contributed by atoms with Crippen LogP contribution in [0.4, 0.5) is 0 Å². The van der Waals surface area contributed by atoms with Gasteiger partial charge in [0, 0.05) is 6.20 Å². The number of aryl methyl sites for hydroxylation is 1. The number of nitriles is 1. The van der Waals surface area contributed by atoms with E-state index in [2.05, 4.69) is 18.0 Å². The van der Waals surface area contributed by atoms with Crippen molar-refractivity contribution in [2.24, 2.45) is 5.73 Å². The van der Waals surface area contributed by atoms with Crippen LogP contribution in [-0.2, 0) is 6.42 Å². The predicted octanol–water partition coefficient (Wildman–Crippen LogP) is 1.56. The van der Waals surface area contributed by atoms with Gasteiger partial charge in [-0.15, -0.1) is 0 Å². The van der Waals surface area contributed by atoms with Crippen molar-refractivity contribution in [2.75, 3.05) is 0 Å². The number of hydrogen-bond donors (Lipinski definition) is 1. The van der Waals surface area contributed by atoms with Crippen LogP contribution in [0.15, 0.2) is 18.3 Å². The molecule has 0 aliphatic rings.